The average Bonchev–Trinajstić information content (AvgIpc) is 1.95. The van der Waals surface area contributed by atoms with E-state index >= 15 is 0 Å². The van der Waals surface area contributed by atoms with Crippen LogP contribution in [0.4, 0.5) is 0 Å². The van der Waals surface area contributed by atoms with Gasteiger partial charge in [0.25, 0.3) is 0 Å². The fourth-order valence-corrected chi connectivity index (χ4v) is 1.24. The lowest BCUT2D eigenvalue weighted by atomic mass is 9.86. The van der Waals surface area contributed by atoms with Crippen molar-refractivity contribution in [3.63, 3.8) is 0 Å². The third kappa shape index (κ3) is 9.07. The summed E-state index contributed by atoms with van der Waals surface area (Å²) in [4.78, 5) is 21.8. The van der Waals surface area contributed by atoms with Gasteiger partial charge in [0, 0.05) is 0 Å². The van der Waals surface area contributed by atoms with E-state index < -0.39 is 21.1 Å². The molecule has 0 atom stereocenters. The Hall–Kier alpha value is -0.190. The topological polar surface area (TPSA) is 63.6 Å². The first-order valence-electron chi connectivity index (χ1n) is 4.46. The number of ether oxygens (including phenoxy) is 1. The van der Waals surface area contributed by atoms with Crippen molar-refractivity contribution in [1.82, 2.24) is 0 Å². The summed E-state index contributed by atoms with van der Waals surface area (Å²) in [6.07, 6.45) is -0.171. The van der Waals surface area contributed by atoms with Gasteiger partial charge in [-0.15, -0.1) is 0 Å². The molecule has 0 rings (SSSR count). The third-order valence-corrected chi connectivity index (χ3v) is 1.98. The molecule has 0 radical (unpaired) electrons. The molecule has 0 aliphatic heterocycles. The quantitative estimate of drug-likeness (QED) is 0.625. The first-order valence-corrected chi connectivity index (χ1v) is 5.59. The van der Waals surface area contributed by atoms with Crippen molar-refractivity contribution in [3.05, 3.63) is 0 Å². The highest BCUT2D eigenvalue weighted by atomic mass is 35.6. The Balaban J connectivity index is 4.09. The lowest BCUT2D eigenvalue weighted by Gasteiger charge is -2.21. The van der Waals surface area contributed by atoms with E-state index in [1.807, 2.05) is 0 Å². The zero-order chi connectivity index (χ0) is 13.0. The number of carboxylic acid groups (broad SMARTS) is 1. The van der Waals surface area contributed by atoms with E-state index in [1.165, 1.54) is 0 Å². The van der Waals surface area contributed by atoms with Crippen LogP contribution in [-0.2, 0) is 14.3 Å². The van der Waals surface area contributed by atoms with E-state index in [4.69, 9.17) is 44.6 Å². The summed E-state index contributed by atoms with van der Waals surface area (Å²) >= 11 is 16.2. The molecule has 0 aliphatic carbocycles. The number of aliphatic carboxylic acids is 1. The van der Waals surface area contributed by atoms with Crippen LogP contribution in [0.3, 0.4) is 0 Å². The molecule has 0 bridgehead atoms. The smallest absolute Gasteiger partial charge is 0.306 e. The van der Waals surface area contributed by atoms with Gasteiger partial charge in [-0.3, -0.25) is 9.59 Å². The molecule has 0 heterocycles. The Morgan fingerprint density at radius 3 is 2.06 bits per heavy atom. The minimum Gasteiger partial charge on any atom is -0.481 e. The van der Waals surface area contributed by atoms with Gasteiger partial charge in [-0.1, -0.05) is 48.7 Å². The largest absolute Gasteiger partial charge is 0.481 e. The van der Waals surface area contributed by atoms with Crippen molar-refractivity contribution in [2.24, 2.45) is 5.41 Å². The second-order valence-electron chi connectivity index (χ2n) is 4.19. The normalized spacial score (nSPS) is 12.3. The van der Waals surface area contributed by atoms with Gasteiger partial charge in [-0.25, -0.2) is 0 Å². The fourth-order valence-electron chi connectivity index (χ4n) is 1.08. The van der Waals surface area contributed by atoms with Gasteiger partial charge in [-0.05, 0) is 5.41 Å². The number of carbonyl (C=O) groups excluding carboxylic acids is 1. The monoisotopic (exact) mass is 290 g/mol. The minimum atomic E-state index is -1.65. The molecular formula is C9H13Cl3O4. The summed E-state index contributed by atoms with van der Waals surface area (Å²) < 4.78 is 3.05. The number of rotatable bonds is 5. The van der Waals surface area contributed by atoms with Crippen LogP contribution in [-0.4, -0.2) is 27.4 Å². The zero-order valence-electron chi connectivity index (χ0n) is 8.93. The summed E-state index contributed by atoms with van der Waals surface area (Å²) in [6, 6.07) is 0. The molecule has 0 aromatic carbocycles. The molecule has 0 amide bonds. The predicted octanol–water partition coefficient (Wildman–Crippen LogP) is 2.79. The highest BCUT2D eigenvalue weighted by Gasteiger charge is 2.28. The van der Waals surface area contributed by atoms with E-state index in [0.717, 1.165) is 0 Å². The molecule has 4 nitrogen and oxygen atoms in total. The van der Waals surface area contributed by atoms with E-state index in [1.54, 1.807) is 13.8 Å². The SMILES string of the molecule is CC(C)(CC(=O)O)CC(=O)OCC(Cl)(Cl)Cl. The number of hydrogen-bond acceptors (Lipinski definition) is 3. The number of halogens is 3. The fraction of sp³-hybridized carbons (Fsp3) is 0.778. The van der Waals surface area contributed by atoms with E-state index in [9.17, 15) is 9.59 Å². The Bertz CT molecular complexity index is 270. The Morgan fingerprint density at radius 2 is 1.69 bits per heavy atom. The molecule has 1 N–H and O–H groups in total. The molecule has 0 fully saturated rings. The number of carbonyl (C=O) groups is 2. The summed E-state index contributed by atoms with van der Waals surface area (Å²) in [5.74, 6) is -1.56. The van der Waals surface area contributed by atoms with Crippen molar-refractivity contribution in [3.8, 4) is 0 Å². The molecular weight excluding hydrogens is 278 g/mol. The van der Waals surface area contributed by atoms with Crippen LogP contribution in [0.1, 0.15) is 26.7 Å². The molecule has 0 saturated carbocycles. The Morgan fingerprint density at radius 1 is 1.19 bits per heavy atom. The van der Waals surface area contributed by atoms with E-state index in [0.29, 0.717) is 0 Å². The highest BCUT2D eigenvalue weighted by molar-refractivity contribution is 6.67. The standard InChI is InChI=1S/C9H13Cl3O4/c1-8(2,3-6(13)14)4-7(15)16-5-9(10,11)12/h3-5H2,1-2H3,(H,13,14). The molecule has 7 heteroatoms. The number of carboxylic acids is 1. The summed E-state index contributed by atoms with van der Waals surface area (Å²) in [5, 5.41) is 8.61. The van der Waals surface area contributed by atoms with Crippen LogP contribution in [0.15, 0.2) is 0 Å². The van der Waals surface area contributed by atoms with E-state index in [2.05, 4.69) is 0 Å². The maximum absolute atomic E-state index is 11.3. The van der Waals surface area contributed by atoms with Crippen LogP contribution >= 0.6 is 34.8 Å². The first kappa shape index (κ1) is 15.8. The molecule has 0 aromatic rings. The number of esters is 1. The third-order valence-electron chi connectivity index (χ3n) is 1.65. The molecule has 0 saturated heterocycles. The van der Waals surface area contributed by atoms with Crippen molar-refractivity contribution in [1.29, 1.82) is 0 Å². The molecule has 94 valence electrons. The maximum atomic E-state index is 11.3. The van der Waals surface area contributed by atoms with Crippen LogP contribution in [0.5, 0.6) is 0 Å². The van der Waals surface area contributed by atoms with Gasteiger partial charge < -0.3 is 9.84 Å². The highest BCUT2D eigenvalue weighted by Crippen LogP contribution is 2.28. The maximum Gasteiger partial charge on any atom is 0.306 e. The van der Waals surface area contributed by atoms with Gasteiger partial charge in [0.05, 0.1) is 12.8 Å². The summed E-state index contributed by atoms with van der Waals surface area (Å²) in [6.45, 7) is 2.95. The van der Waals surface area contributed by atoms with Crippen LogP contribution in [0.2, 0.25) is 0 Å². The van der Waals surface area contributed by atoms with Gasteiger partial charge in [-0.2, -0.15) is 0 Å². The Labute approximate surface area is 109 Å². The summed E-state index contributed by atoms with van der Waals surface area (Å²) in [5.41, 5.74) is -0.684. The second-order valence-corrected chi connectivity index (χ2v) is 6.70. The molecule has 16 heavy (non-hydrogen) atoms. The second kappa shape index (κ2) is 5.94. The molecule has 0 aliphatic rings. The van der Waals surface area contributed by atoms with Gasteiger partial charge in [0.15, 0.2) is 0 Å². The molecule has 0 spiro atoms. The van der Waals surface area contributed by atoms with Crippen molar-refractivity contribution < 1.29 is 19.4 Å². The number of hydrogen-bond donors (Lipinski definition) is 1. The van der Waals surface area contributed by atoms with Crippen LogP contribution in [0.25, 0.3) is 0 Å². The van der Waals surface area contributed by atoms with Crippen molar-refractivity contribution >= 4 is 46.7 Å². The number of alkyl halides is 3. The van der Waals surface area contributed by atoms with Gasteiger partial charge >= 0.3 is 11.9 Å². The minimum absolute atomic E-state index is 0.0416. The molecule has 0 unspecified atom stereocenters. The lowest BCUT2D eigenvalue weighted by Crippen LogP contribution is -2.24. The van der Waals surface area contributed by atoms with E-state index in [-0.39, 0.29) is 19.4 Å². The summed E-state index contributed by atoms with van der Waals surface area (Å²) in [7, 11) is 0. The molecule has 0 aromatic heterocycles. The van der Waals surface area contributed by atoms with Gasteiger partial charge in [0.1, 0.15) is 6.61 Å². The lowest BCUT2D eigenvalue weighted by molar-refractivity contribution is -0.147. The first-order chi connectivity index (χ1) is 7.02. The van der Waals surface area contributed by atoms with Crippen molar-refractivity contribution in [2.45, 2.75) is 30.5 Å². The van der Waals surface area contributed by atoms with Crippen LogP contribution < -0.4 is 0 Å². The Kier molecular flexibility index (Phi) is 5.87. The zero-order valence-corrected chi connectivity index (χ0v) is 11.2. The average molecular weight is 292 g/mol. The van der Waals surface area contributed by atoms with Crippen molar-refractivity contribution in [2.75, 3.05) is 6.61 Å². The van der Waals surface area contributed by atoms with Crippen LogP contribution in [0, 0.1) is 5.41 Å². The van der Waals surface area contributed by atoms with Gasteiger partial charge in [0.2, 0.25) is 3.79 Å². The predicted molar refractivity (Wildman–Crippen MR) is 61.9 cm³/mol.